The maximum atomic E-state index is 12.7. The minimum absolute atomic E-state index is 0.183. The lowest BCUT2D eigenvalue weighted by atomic mass is 10.0. The van der Waals surface area contributed by atoms with E-state index in [2.05, 4.69) is 32.7 Å². The average molecular weight is 416 g/mol. The van der Waals surface area contributed by atoms with Gasteiger partial charge in [-0.25, -0.2) is 4.79 Å². The number of benzene rings is 3. The van der Waals surface area contributed by atoms with Crippen molar-refractivity contribution in [2.45, 2.75) is 19.4 Å². The van der Waals surface area contributed by atoms with Crippen LogP contribution >= 0.6 is 0 Å². The monoisotopic (exact) mass is 416 g/mol. The molecule has 1 heterocycles. The third-order valence-corrected chi connectivity index (χ3v) is 5.08. The Labute approximate surface area is 179 Å². The van der Waals surface area contributed by atoms with Gasteiger partial charge < -0.3 is 25.3 Å². The van der Waals surface area contributed by atoms with E-state index in [0.717, 1.165) is 23.4 Å². The van der Waals surface area contributed by atoms with Gasteiger partial charge in [-0.15, -0.1) is 0 Å². The van der Waals surface area contributed by atoms with Gasteiger partial charge in [0.15, 0.2) is 0 Å². The number of aromatic nitrogens is 2. The van der Waals surface area contributed by atoms with Crippen LogP contribution in [0.15, 0.2) is 71.5 Å². The summed E-state index contributed by atoms with van der Waals surface area (Å²) >= 11 is 0. The third-order valence-electron chi connectivity index (χ3n) is 5.08. The number of hydrogen-bond donors (Lipinski definition) is 4. The molecule has 0 aliphatic carbocycles. The number of fused-ring (bicyclic) bond motifs is 1. The minimum atomic E-state index is -0.473. The molecule has 0 spiro atoms. The van der Waals surface area contributed by atoms with Crippen LogP contribution in [0.5, 0.6) is 5.75 Å². The van der Waals surface area contributed by atoms with Crippen LogP contribution in [0, 0.1) is 0 Å². The summed E-state index contributed by atoms with van der Waals surface area (Å²) < 4.78 is 5.51. The first-order valence-corrected chi connectivity index (χ1v) is 10.0. The first-order valence-electron chi connectivity index (χ1n) is 10.0. The van der Waals surface area contributed by atoms with Crippen molar-refractivity contribution in [1.29, 1.82) is 0 Å². The number of H-pyrrole nitrogens is 2. The van der Waals surface area contributed by atoms with Crippen molar-refractivity contribution in [2.24, 2.45) is 0 Å². The summed E-state index contributed by atoms with van der Waals surface area (Å²) in [4.78, 5) is 29.5. The van der Waals surface area contributed by atoms with Crippen LogP contribution in [0.1, 0.15) is 18.1 Å². The second-order valence-electron chi connectivity index (χ2n) is 7.38. The third kappa shape index (κ3) is 4.78. The van der Waals surface area contributed by atoms with Gasteiger partial charge in [0, 0.05) is 23.4 Å². The van der Waals surface area contributed by atoms with Crippen molar-refractivity contribution in [1.82, 2.24) is 9.97 Å². The number of hydrogen-bond acceptors (Lipinski definition) is 4. The van der Waals surface area contributed by atoms with Crippen molar-refractivity contribution in [2.75, 3.05) is 17.7 Å². The van der Waals surface area contributed by atoms with Crippen LogP contribution in [-0.2, 0) is 11.2 Å². The highest BCUT2D eigenvalue weighted by atomic mass is 16.5. The van der Waals surface area contributed by atoms with Gasteiger partial charge >= 0.3 is 5.69 Å². The molecule has 0 saturated carbocycles. The Morgan fingerprint density at radius 1 is 0.968 bits per heavy atom. The molecular formula is C24H24N4O3. The van der Waals surface area contributed by atoms with Crippen molar-refractivity contribution in [3.8, 4) is 5.75 Å². The van der Waals surface area contributed by atoms with Gasteiger partial charge in [0.2, 0.25) is 5.91 Å². The number of carbonyl (C=O) groups excluding carboxylic acids is 1. The van der Waals surface area contributed by atoms with Crippen LogP contribution in [0.4, 0.5) is 11.4 Å². The highest BCUT2D eigenvalue weighted by molar-refractivity contribution is 5.97. The van der Waals surface area contributed by atoms with Crippen LogP contribution in [0.2, 0.25) is 0 Å². The molecule has 7 heteroatoms. The molecule has 1 atom stereocenters. The molecule has 4 N–H and O–H groups in total. The lowest BCUT2D eigenvalue weighted by molar-refractivity contribution is -0.116. The number of rotatable bonds is 7. The van der Waals surface area contributed by atoms with Crippen molar-refractivity contribution in [3.63, 3.8) is 0 Å². The number of methoxy groups -OCH3 is 1. The standard InChI is InChI=1S/C24H24N4O3/c1-15(23(29)26-19-8-10-20-21(14-19)28-24(30)27-20)25-18-9-11-22(31-2)17(13-18)12-16-6-4-3-5-7-16/h3-11,13-15,25H,12H2,1-2H3,(H,26,29)(H2,27,28,30)/t15-/m1/s1. The molecule has 0 fully saturated rings. The summed E-state index contributed by atoms with van der Waals surface area (Å²) in [6.45, 7) is 1.80. The summed E-state index contributed by atoms with van der Waals surface area (Å²) in [6, 6.07) is 20.7. The molecule has 1 amide bonds. The topological polar surface area (TPSA) is 99.0 Å². The van der Waals surface area contributed by atoms with Crippen LogP contribution < -0.4 is 21.1 Å². The largest absolute Gasteiger partial charge is 0.496 e. The zero-order valence-corrected chi connectivity index (χ0v) is 17.4. The number of aromatic amines is 2. The van der Waals surface area contributed by atoms with Crippen LogP contribution in [0.25, 0.3) is 11.0 Å². The van der Waals surface area contributed by atoms with Crippen LogP contribution in [0.3, 0.4) is 0 Å². The van der Waals surface area contributed by atoms with E-state index in [0.29, 0.717) is 16.7 Å². The van der Waals surface area contributed by atoms with E-state index in [1.54, 1.807) is 32.2 Å². The molecule has 158 valence electrons. The van der Waals surface area contributed by atoms with E-state index in [1.807, 2.05) is 36.4 Å². The SMILES string of the molecule is COc1ccc(N[C@H](C)C(=O)Nc2ccc3[nH]c(=O)[nH]c3c2)cc1Cc1ccccc1. The zero-order valence-electron chi connectivity index (χ0n) is 17.4. The van der Waals surface area contributed by atoms with Gasteiger partial charge in [-0.2, -0.15) is 0 Å². The number of carbonyl (C=O) groups is 1. The number of ether oxygens (including phenoxy) is 1. The molecule has 1 aromatic heterocycles. The van der Waals surface area contributed by atoms with E-state index in [-0.39, 0.29) is 11.6 Å². The number of nitrogens with one attached hydrogen (secondary N) is 4. The molecule has 0 aliphatic heterocycles. The maximum absolute atomic E-state index is 12.7. The van der Waals surface area contributed by atoms with Gasteiger partial charge in [-0.3, -0.25) is 4.79 Å². The average Bonchev–Trinajstić information content (AvgIpc) is 3.14. The molecular weight excluding hydrogens is 392 g/mol. The Bertz CT molecular complexity index is 1260. The zero-order chi connectivity index (χ0) is 21.8. The van der Waals surface area contributed by atoms with E-state index >= 15 is 0 Å². The van der Waals surface area contributed by atoms with Crippen molar-refractivity contribution < 1.29 is 9.53 Å². The first-order chi connectivity index (χ1) is 15.0. The highest BCUT2D eigenvalue weighted by Crippen LogP contribution is 2.26. The summed E-state index contributed by atoms with van der Waals surface area (Å²) in [5, 5.41) is 6.13. The van der Waals surface area contributed by atoms with E-state index in [1.165, 1.54) is 5.56 Å². The molecule has 0 unspecified atom stereocenters. The quantitative estimate of drug-likeness (QED) is 0.367. The maximum Gasteiger partial charge on any atom is 0.323 e. The van der Waals surface area contributed by atoms with Gasteiger partial charge in [0.05, 0.1) is 18.1 Å². The Morgan fingerprint density at radius 2 is 1.71 bits per heavy atom. The molecule has 7 nitrogen and oxygen atoms in total. The fourth-order valence-corrected chi connectivity index (χ4v) is 3.50. The summed E-state index contributed by atoms with van der Waals surface area (Å²) in [5.41, 5.74) is 4.72. The lowest BCUT2D eigenvalue weighted by Crippen LogP contribution is -2.31. The second-order valence-corrected chi connectivity index (χ2v) is 7.38. The van der Waals surface area contributed by atoms with Crippen molar-refractivity contribution in [3.05, 3.63) is 88.3 Å². The molecule has 3 aromatic carbocycles. The fraction of sp³-hybridized carbons (Fsp3) is 0.167. The van der Waals surface area contributed by atoms with E-state index in [4.69, 9.17) is 4.74 Å². The van der Waals surface area contributed by atoms with Gasteiger partial charge in [-0.1, -0.05) is 30.3 Å². The Hall–Kier alpha value is -4.00. The Balaban J connectivity index is 1.46. The van der Waals surface area contributed by atoms with Gasteiger partial charge in [0.1, 0.15) is 11.8 Å². The normalized spacial score (nSPS) is 11.8. The number of amides is 1. The highest BCUT2D eigenvalue weighted by Gasteiger charge is 2.15. The predicted molar refractivity (Wildman–Crippen MR) is 123 cm³/mol. The molecule has 0 aliphatic rings. The summed E-state index contributed by atoms with van der Waals surface area (Å²) in [5.74, 6) is 0.623. The van der Waals surface area contributed by atoms with Crippen molar-refractivity contribution >= 4 is 28.3 Å². The Kier molecular flexibility index (Phi) is 5.75. The van der Waals surface area contributed by atoms with Crippen LogP contribution in [-0.4, -0.2) is 29.0 Å². The smallest absolute Gasteiger partial charge is 0.323 e. The van der Waals surface area contributed by atoms with E-state index < -0.39 is 6.04 Å². The first kappa shape index (κ1) is 20.3. The fourth-order valence-electron chi connectivity index (χ4n) is 3.50. The summed E-state index contributed by atoms with van der Waals surface area (Å²) in [7, 11) is 1.65. The van der Waals surface area contributed by atoms with Gasteiger partial charge in [-0.05, 0) is 48.9 Å². The predicted octanol–water partition coefficient (Wildman–Crippen LogP) is 3.89. The molecule has 0 bridgehead atoms. The van der Waals surface area contributed by atoms with E-state index in [9.17, 15) is 9.59 Å². The minimum Gasteiger partial charge on any atom is -0.496 e. The van der Waals surface area contributed by atoms with Gasteiger partial charge in [0.25, 0.3) is 0 Å². The molecule has 4 aromatic rings. The molecule has 0 saturated heterocycles. The number of anilines is 2. The molecule has 0 radical (unpaired) electrons. The number of imidazole rings is 1. The summed E-state index contributed by atoms with van der Waals surface area (Å²) in [6.07, 6.45) is 0.731. The molecule has 4 rings (SSSR count). The lowest BCUT2D eigenvalue weighted by Gasteiger charge is -2.17. The molecule has 31 heavy (non-hydrogen) atoms. The Morgan fingerprint density at radius 3 is 2.48 bits per heavy atom. The second kappa shape index (κ2) is 8.79.